The van der Waals surface area contributed by atoms with Gasteiger partial charge in [-0.3, -0.25) is 14.7 Å². The number of rotatable bonds is 8. The first-order chi connectivity index (χ1) is 13.1. The van der Waals surface area contributed by atoms with E-state index in [-0.39, 0.29) is 5.91 Å². The highest BCUT2D eigenvalue weighted by molar-refractivity contribution is 5.75. The molecule has 3 rings (SSSR count). The van der Waals surface area contributed by atoms with Gasteiger partial charge in [0, 0.05) is 51.8 Å². The van der Waals surface area contributed by atoms with Crippen LogP contribution in [0.4, 0.5) is 0 Å². The summed E-state index contributed by atoms with van der Waals surface area (Å²) >= 11 is 0. The summed E-state index contributed by atoms with van der Waals surface area (Å²) in [4.78, 5) is 20.9. The highest BCUT2D eigenvalue weighted by Crippen LogP contribution is 2.22. The lowest BCUT2D eigenvalue weighted by atomic mass is 9.93. The molecule has 1 atom stereocenters. The van der Waals surface area contributed by atoms with Gasteiger partial charge < -0.3 is 9.32 Å². The molecule has 1 saturated heterocycles. The number of aryl methyl sites for hydroxylation is 1. The van der Waals surface area contributed by atoms with Gasteiger partial charge in [-0.1, -0.05) is 6.07 Å². The molecule has 2 aromatic rings. The maximum Gasteiger partial charge on any atom is 0.230 e. The topological polar surface area (TPSA) is 75.4 Å². The van der Waals surface area contributed by atoms with Crippen LogP contribution in [0, 0.1) is 12.8 Å². The predicted octanol–water partition coefficient (Wildman–Crippen LogP) is 2.47. The van der Waals surface area contributed by atoms with E-state index >= 15 is 0 Å². The van der Waals surface area contributed by atoms with E-state index in [4.69, 9.17) is 4.42 Å². The van der Waals surface area contributed by atoms with Gasteiger partial charge in [0.05, 0.1) is 6.54 Å². The number of likely N-dealkylation sites (tertiary alicyclic amines) is 1. The molecule has 1 amide bonds. The number of nitrogens with zero attached hydrogens (tertiary/aromatic N) is 5. The quantitative estimate of drug-likeness (QED) is 0.710. The summed E-state index contributed by atoms with van der Waals surface area (Å²) in [6.07, 6.45) is 6.47. The number of carbonyl (C=O) groups excluding carboxylic acids is 1. The molecule has 0 aliphatic carbocycles. The van der Waals surface area contributed by atoms with E-state index in [1.54, 1.807) is 6.20 Å². The van der Waals surface area contributed by atoms with Gasteiger partial charge in [-0.05, 0) is 43.9 Å². The number of likely N-dealkylation sites (N-methyl/N-ethyl adjacent to an activating group) is 1. The van der Waals surface area contributed by atoms with Crippen molar-refractivity contribution in [2.45, 2.75) is 45.6 Å². The highest BCUT2D eigenvalue weighted by atomic mass is 16.4. The fourth-order valence-electron chi connectivity index (χ4n) is 3.59. The van der Waals surface area contributed by atoms with Crippen molar-refractivity contribution in [3.8, 4) is 0 Å². The molecule has 2 aromatic heterocycles. The molecule has 7 heteroatoms. The van der Waals surface area contributed by atoms with Crippen LogP contribution in [-0.2, 0) is 17.8 Å². The Morgan fingerprint density at radius 3 is 3.00 bits per heavy atom. The Labute approximate surface area is 160 Å². The Morgan fingerprint density at radius 2 is 2.26 bits per heavy atom. The van der Waals surface area contributed by atoms with Crippen LogP contribution in [0.25, 0.3) is 0 Å². The first kappa shape index (κ1) is 19.5. The minimum atomic E-state index is 0.218. The van der Waals surface area contributed by atoms with Crippen LogP contribution in [0.5, 0.6) is 0 Å². The van der Waals surface area contributed by atoms with Crippen LogP contribution < -0.4 is 0 Å². The molecule has 3 heterocycles. The van der Waals surface area contributed by atoms with Crippen LogP contribution in [0.2, 0.25) is 0 Å². The van der Waals surface area contributed by atoms with Crippen molar-refractivity contribution in [2.24, 2.45) is 5.92 Å². The smallest absolute Gasteiger partial charge is 0.230 e. The third-order valence-electron chi connectivity index (χ3n) is 5.15. The maximum absolute atomic E-state index is 12.4. The summed E-state index contributed by atoms with van der Waals surface area (Å²) in [5, 5.41) is 7.97. The molecule has 1 aliphatic rings. The van der Waals surface area contributed by atoms with Gasteiger partial charge in [0.15, 0.2) is 0 Å². The average Bonchev–Trinajstić information content (AvgIpc) is 3.10. The summed E-state index contributed by atoms with van der Waals surface area (Å²) in [5.41, 5.74) is 1.02. The third kappa shape index (κ3) is 6.13. The molecule has 0 spiro atoms. The molecule has 7 nitrogen and oxygen atoms in total. The Balaban J connectivity index is 1.38. The lowest BCUT2D eigenvalue weighted by molar-refractivity contribution is -0.130. The lowest BCUT2D eigenvalue weighted by Gasteiger charge is -2.32. The second kappa shape index (κ2) is 9.60. The van der Waals surface area contributed by atoms with E-state index in [2.05, 4.69) is 20.1 Å². The molecular weight excluding hydrogens is 342 g/mol. The zero-order chi connectivity index (χ0) is 19.1. The fraction of sp³-hybridized carbons (Fsp3) is 0.600. The summed E-state index contributed by atoms with van der Waals surface area (Å²) in [7, 11) is 1.89. The fourth-order valence-corrected chi connectivity index (χ4v) is 3.59. The van der Waals surface area contributed by atoms with Gasteiger partial charge in [-0.25, -0.2) is 0 Å². The lowest BCUT2D eigenvalue weighted by Crippen LogP contribution is -2.36. The van der Waals surface area contributed by atoms with Gasteiger partial charge in [0.25, 0.3) is 0 Å². The monoisotopic (exact) mass is 371 g/mol. The van der Waals surface area contributed by atoms with Crippen molar-refractivity contribution >= 4 is 5.91 Å². The third-order valence-corrected chi connectivity index (χ3v) is 5.15. The highest BCUT2D eigenvalue weighted by Gasteiger charge is 2.22. The maximum atomic E-state index is 12.4. The summed E-state index contributed by atoms with van der Waals surface area (Å²) < 4.78 is 5.48. The van der Waals surface area contributed by atoms with Crippen molar-refractivity contribution in [2.75, 3.05) is 26.7 Å². The van der Waals surface area contributed by atoms with Crippen molar-refractivity contribution in [1.29, 1.82) is 0 Å². The number of aromatic nitrogens is 3. The largest absolute Gasteiger partial charge is 0.424 e. The molecule has 0 N–H and O–H groups in total. The van der Waals surface area contributed by atoms with Gasteiger partial charge >= 0.3 is 0 Å². The first-order valence-corrected chi connectivity index (χ1v) is 9.75. The standard InChI is InChI=1S/C20H29N5O2/c1-16-22-23-19(27-16)15-25-12-5-6-17(14-25)8-9-20(26)24(2)13-10-18-7-3-4-11-21-18/h3-4,7,11,17H,5-6,8-10,12-15H2,1-2H3/t17-/m0/s1. The van der Waals surface area contributed by atoms with Gasteiger partial charge in [0.1, 0.15) is 0 Å². The van der Waals surface area contributed by atoms with E-state index in [0.29, 0.717) is 37.2 Å². The number of pyridine rings is 1. The van der Waals surface area contributed by atoms with E-state index in [0.717, 1.165) is 38.0 Å². The van der Waals surface area contributed by atoms with Gasteiger partial charge in [-0.2, -0.15) is 0 Å². The number of hydrogen-bond donors (Lipinski definition) is 0. The minimum absolute atomic E-state index is 0.218. The molecule has 1 aliphatic heterocycles. The van der Waals surface area contributed by atoms with E-state index < -0.39 is 0 Å². The van der Waals surface area contributed by atoms with E-state index in [1.165, 1.54) is 6.42 Å². The average molecular weight is 371 g/mol. The number of amides is 1. The zero-order valence-electron chi connectivity index (χ0n) is 16.3. The van der Waals surface area contributed by atoms with Gasteiger partial charge in [0.2, 0.25) is 17.7 Å². The van der Waals surface area contributed by atoms with Crippen molar-refractivity contribution in [1.82, 2.24) is 25.0 Å². The molecule has 27 heavy (non-hydrogen) atoms. The van der Waals surface area contributed by atoms with Crippen LogP contribution in [0.3, 0.4) is 0 Å². The van der Waals surface area contributed by atoms with E-state index in [9.17, 15) is 4.79 Å². The molecule has 146 valence electrons. The molecule has 1 fully saturated rings. The molecule has 0 aromatic carbocycles. The second-order valence-electron chi connectivity index (χ2n) is 7.38. The van der Waals surface area contributed by atoms with Crippen LogP contribution in [0.1, 0.15) is 43.2 Å². The SMILES string of the molecule is Cc1nnc(CN2CCC[C@@H](CCC(=O)N(C)CCc3ccccn3)C2)o1. The minimum Gasteiger partial charge on any atom is -0.424 e. The number of carbonyl (C=O) groups is 1. The van der Waals surface area contributed by atoms with Crippen LogP contribution >= 0.6 is 0 Å². The summed E-state index contributed by atoms with van der Waals surface area (Å²) in [5.74, 6) is 2.06. The number of hydrogen-bond acceptors (Lipinski definition) is 6. The Morgan fingerprint density at radius 1 is 1.37 bits per heavy atom. The Kier molecular flexibility index (Phi) is 6.92. The number of piperidine rings is 1. The van der Waals surface area contributed by atoms with E-state index in [1.807, 2.05) is 37.1 Å². The molecule has 0 radical (unpaired) electrons. The predicted molar refractivity (Wildman–Crippen MR) is 102 cm³/mol. The molecule has 0 saturated carbocycles. The summed E-state index contributed by atoms with van der Waals surface area (Å²) in [6.45, 7) is 5.27. The van der Waals surface area contributed by atoms with Crippen LogP contribution in [-0.4, -0.2) is 57.6 Å². The second-order valence-corrected chi connectivity index (χ2v) is 7.38. The molecule has 0 bridgehead atoms. The normalized spacial score (nSPS) is 17.8. The van der Waals surface area contributed by atoms with Crippen molar-refractivity contribution < 1.29 is 9.21 Å². The zero-order valence-corrected chi connectivity index (χ0v) is 16.3. The van der Waals surface area contributed by atoms with Crippen LogP contribution in [0.15, 0.2) is 28.8 Å². The first-order valence-electron chi connectivity index (χ1n) is 9.75. The van der Waals surface area contributed by atoms with Crippen molar-refractivity contribution in [3.05, 3.63) is 41.9 Å². The summed E-state index contributed by atoms with van der Waals surface area (Å²) in [6, 6.07) is 5.89. The van der Waals surface area contributed by atoms with Crippen molar-refractivity contribution in [3.63, 3.8) is 0 Å². The molecular formula is C20H29N5O2. The Hall–Kier alpha value is -2.28. The molecule has 0 unspecified atom stereocenters. The van der Waals surface area contributed by atoms with Gasteiger partial charge in [-0.15, -0.1) is 10.2 Å². The Bertz CT molecular complexity index is 718.